The molecule has 3 aromatic carbocycles. The Morgan fingerprint density at radius 2 is 1.78 bits per heavy atom. The molecule has 1 heterocycles. The van der Waals surface area contributed by atoms with E-state index in [1.807, 2.05) is 60.0 Å². The third-order valence-electron chi connectivity index (χ3n) is 5.08. The Kier molecular flexibility index (Phi) is 7.81. The first-order valence-electron chi connectivity index (χ1n) is 10.9. The number of para-hydroxylation sites is 1. The third kappa shape index (κ3) is 5.99. The van der Waals surface area contributed by atoms with Crippen molar-refractivity contribution in [3.05, 3.63) is 94.8 Å². The molecule has 11 heteroatoms. The number of nitrogens with one attached hydrogen (secondary N) is 1. The first kappa shape index (κ1) is 24.7. The van der Waals surface area contributed by atoms with E-state index in [-0.39, 0.29) is 17.3 Å². The number of aromatic nitrogens is 3. The van der Waals surface area contributed by atoms with Gasteiger partial charge in [0.25, 0.3) is 5.69 Å². The van der Waals surface area contributed by atoms with Crippen LogP contribution < -0.4 is 14.8 Å². The van der Waals surface area contributed by atoms with Gasteiger partial charge in [-0.3, -0.25) is 19.5 Å². The molecule has 1 amide bonds. The van der Waals surface area contributed by atoms with Gasteiger partial charge >= 0.3 is 0 Å². The van der Waals surface area contributed by atoms with Gasteiger partial charge < -0.3 is 14.8 Å². The van der Waals surface area contributed by atoms with Crippen molar-refractivity contribution < 1.29 is 19.2 Å². The van der Waals surface area contributed by atoms with Crippen LogP contribution in [0, 0.1) is 10.1 Å². The number of hydrogen-bond donors (Lipinski definition) is 1. The summed E-state index contributed by atoms with van der Waals surface area (Å²) in [5, 5.41) is 22.7. The van der Waals surface area contributed by atoms with Crippen molar-refractivity contribution in [1.82, 2.24) is 14.8 Å². The molecule has 0 saturated carbocycles. The standard InChI is InChI=1S/C25H23N5O5S/c1-17(35-22-10-6-9-21(15-22)34-2)24-27-28-25(29(24)19-7-4-3-5-8-19)36-16-23(31)26-18-11-13-20(14-12-18)30(32)33/h3-15,17H,16H2,1-2H3,(H,26,31). The Morgan fingerprint density at radius 1 is 1.06 bits per heavy atom. The molecule has 1 atom stereocenters. The number of thioether (sulfide) groups is 1. The molecule has 36 heavy (non-hydrogen) atoms. The van der Waals surface area contributed by atoms with E-state index in [9.17, 15) is 14.9 Å². The maximum Gasteiger partial charge on any atom is 0.269 e. The minimum Gasteiger partial charge on any atom is -0.497 e. The van der Waals surface area contributed by atoms with Crippen molar-refractivity contribution in [1.29, 1.82) is 0 Å². The highest BCUT2D eigenvalue weighted by molar-refractivity contribution is 7.99. The Bertz CT molecular complexity index is 1340. The fraction of sp³-hybridized carbons (Fsp3) is 0.160. The lowest BCUT2D eigenvalue weighted by atomic mass is 10.3. The van der Waals surface area contributed by atoms with Crippen LogP contribution in [0.25, 0.3) is 5.69 Å². The van der Waals surface area contributed by atoms with Gasteiger partial charge in [0.15, 0.2) is 17.1 Å². The summed E-state index contributed by atoms with van der Waals surface area (Å²) < 4.78 is 13.2. The number of ether oxygens (including phenoxy) is 2. The second-order valence-corrected chi connectivity index (χ2v) is 8.53. The number of amides is 1. The number of benzene rings is 3. The van der Waals surface area contributed by atoms with Gasteiger partial charge in [0.05, 0.1) is 17.8 Å². The second-order valence-electron chi connectivity index (χ2n) is 7.59. The van der Waals surface area contributed by atoms with Crippen LogP contribution in [-0.4, -0.2) is 38.5 Å². The van der Waals surface area contributed by atoms with E-state index in [1.54, 1.807) is 13.2 Å². The molecule has 1 unspecified atom stereocenters. The third-order valence-corrected chi connectivity index (χ3v) is 6.01. The molecule has 1 aromatic heterocycles. The number of methoxy groups -OCH3 is 1. The van der Waals surface area contributed by atoms with Crippen LogP contribution in [0.3, 0.4) is 0 Å². The molecule has 184 valence electrons. The van der Waals surface area contributed by atoms with Gasteiger partial charge in [0.1, 0.15) is 11.5 Å². The van der Waals surface area contributed by atoms with Gasteiger partial charge in [-0.05, 0) is 43.3 Å². The van der Waals surface area contributed by atoms with Gasteiger partial charge in [-0.15, -0.1) is 10.2 Å². The van der Waals surface area contributed by atoms with Crippen molar-refractivity contribution in [3.8, 4) is 17.2 Å². The molecule has 0 aliphatic heterocycles. The molecular formula is C25H23N5O5S. The molecule has 0 aliphatic rings. The number of nitro benzene ring substituents is 1. The summed E-state index contributed by atoms with van der Waals surface area (Å²) >= 11 is 1.22. The van der Waals surface area contributed by atoms with Crippen molar-refractivity contribution in [3.63, 3.8) is 0 Å². The molecule has 0 aliphatic carbocycles. The SMILES string of the molecule is COc1cccc(OC(C)c2nnc(SCC(=O)Nc3ccc([N+](=O)[O-])cc3)n2-c2ccccc2)c1. The maximum absolute atomic E-state index is 12.5. The van der Waals surface area contributed by atoms with E-state index in [0.29, 0.717) is 28.2 Å². The molecule has 4 aromatic rings. The van der Waals surface area contributed by atoms with Crippen molar-refractivity contribution in [2.24, 2.45) is 0 Å². The first-order valence-corrected chi connectivity index (χ1v) is 11.9. The Hall–Kier alpha value is -4.38. The van der Waals surface area contributed by atoms with Crippen LogP contribution in [-0.2, 0) is 4.79 Å². The van der Waals surface area contributed by atoms with Gasteiger partial charge in [-0.25, -0.2) is 0 Å². The van der Waals surface area contributed by atoms with Crippen molar-refractivity contribution >= 4 is 29.0 Å². The average molecular weight is 506 g/mol. The number of carbonyl (C=O) groups excluding carboxylic acids is 1. The van der Waals surface area contributed by atoms with Crippen LogP contribution in [0.2, 0.25) is 0 Å². The lowest BCUT2D eigenvalue weighted by Crippen LogP contribution is -2.15. The first-order chi connectivity index (χ1) is 17.4. The lowest BCUT2D eigenvalue weighted by Gasteiger charge is -2.17. The monoisotopic (exact) mass is 505 g/mol. The number of rotatable bonds is 10. The Balaban J connectivity index is 1.50. The fourth-order valence-electron chi connectivity index (χ4n) is 3.38. The largest absolute Gasteiger partial charge is 0.497 e. The van der Waals surface area contributed by atoms with E-state index in [0.717, 1.165) is 5.69 Å². The predicted molar refractivity (Wildman–Crippen MR) is 136 cm³/mol. The molecule has 10 nitrogen and oxygen atoms in total. The molecular weight excluding hydrogens is 482 g/mol. The van der Waals surface area contributed by atoms with E-state index in [4.69, 9.17) is 9.47 Å². The molecule has 1 N–H and O–H groups in total. The average Bonchev–Trinajstić information content (AvgIpc) is 3.32. The summed E-state index contributed by atoms with van der Waals surface area (Å²) in [5.74, 6) is 1.66. The van der Waals surface area contributed by atoms with E-state index in [2.05, 4.69) is 15.5 Å². The lowest BCUT2D eigenvalue weighted by molar-refractivity contribution is -0.384. The smallest absolute Gasteiger partial charge is 0.269 e. The molecule has 0 saturated heterocycles. The van der Waals surface area contributed by atoms with Crippen molar-refractivity contribution in [2.75, 3.05) is 18.2 Å². The normalized spacial score (nSPS) is 11.5. The summed E-state index contributed by atoms with van der Waals surface area (Å²) in [6.45, 7) is 1.87. The van der Waals surface area contributed by atoms with Crippen LogP contribution in [0.15, 0.2) is 84.0 Å². The summed E-state index contributed by atoms with van der Waals surface area (Å²) in [5.41, 5.74) is 1.25. The highest BCUT2D eigenvalue weighted by Gasteiger charge is 2.22. The zero-order chi connectivity index (χ0) is 25.5. The highest BCUT2D eigenvalue weighted by atomic mass is 32.2. The van der Waals surface area contributed by atoms with Crippen LogP contribution >= 0.6 is 11.8 Å². The van der Waals surface area contributed by atoms with Crippen molar-refractivity contribution in [2.45, 2.75) is 18.2 Å². The van der Waals surface area contributed by atoms with E-state index < -0.39 is 11.0 Å². The van der Waals surface area contributed by atoms with Gasteiger partial charge in [0.2, 0.25) is 5.91 Å². The molecule has 0 fully saturated rings. The van der Waals surface area contributed by atoms with E-state index in [1.165, 1.54) is 36.0 Å². The number of nitrogens with zero attached hydrogens (tertiary/aromatic N) is 4. The second kappa shape index (κ2) is 11.4. The Morgan fingerprint density at radius 3 is 2.47 bits per heavy atom. The molecule has 0 bridgehead atoms. The molecule has 0 spiro atoms. The minimum atomic E-state index is -0.492. The molecule has 4 rings (SSSR count). The Labute approximate surface area is 211 Å². The van der Waals surface area contributed by atoms with Crippen LogP contribution in [0.4, 0.5) is 11.4 Å². The number of nitro groups is 1. The van der Waals surface area contributed by atoms with Gasteiger partial charge in [0, 0.05) is 29.6 Å². The highest BCUT2D eigenvalue weighted by Crippen LogP contribution is 2.29. The van der Waals surface area contributed by atoms with Gasteiger partial charge in [-0.2, -0.15) is 0 Å². The predicted octanol–water partition coefficient (Wildman–Crippen LogP) is 5.05. The summed E-state index contributed by atoms with van der Waals surface area (Å²) in [7, 11) is 1.59. The van der Waals surface area contributed by atoms with Crippen LogP contribution in [0.1, 0.15) is 18.9 Å². The molecule has 0 radical (unpaired) electrons. The number of anilines is 1. The summed E-state index contributed by atoms with van der Waals surface area (Å²) in [6, 6.07) is 22.5. The maximum atomic E-state index is 12.5. The van der Waals surface area contributed by atoms with Crippen LogP contribution in [0.5, 0.6) is 11.5 Å². The number of non-ortho nitro benzene ring substituents is 1. The summed E-state index contributed by atoms with van der Waals surface area (Å²) in [4.78, 5) is 22.9. The zero-order valence-corrected chi connectivity index (χ0v) is 20.3. The number of carbonyl (C=O) groups is 1. The minimum absolute atomic E-state index is 0.0452. The topological polar surface area (TPSA) is 121 Å². The summed E-state index contributed by atoms with van der Waals surface area (Å²) in [6.07, 6.45) is -0.451. The van der Waals surface area contributed by atoms with E-state index >= 15 is 0 Å². The number of hydrogen-bond acceptors (Lipinski definition) is 8. The zero-order valence-electron chi connectivity index (χ0n) is 19.5. The van der Waals surface area contributed by atoms with Gasteiger partial charge in [-0.1, -0.05) is 36.0 Å². The fourth-order valence-corrected chi connectivity index (χ4v) is 4.14. The quantitative estimate of drug-likeness (QED) is 0.180.